The van der Waals surface area contributed by atoms with Crippen molar-refractivity contribution in [1.82, 2.24) is 5.32 Å². The van der Waals surface area contributed by atoms with Crippen molar-refractivity contribution in [3.8, 4) is 0 Å². The number of alkyl carbamates (subject to hydrolysis) is 1. The molecule has 2 N–H and O–H groups in total. The van der Waals surface area contributed by atoms with Crippen LogP contribution in [-0.2, 0) is 16.1 Å². The average Bonchev–Trinajstić information content (AvgIpc) is 2.43. The number of hydrogen-bond donors (Lipinski definition) is 2. The molecule has 1 aromatic carbocycles. The molecule has 1 rings (SSSR count). The minimum absolute atomic E-state index is 0. The van der Waals surface area contributed by atoms with Crippen LogP contribution in [0.3, 0.4) is 0 Å². The Labute approximate surface area is 127 Å². The molecule has 0 heterocycles. The van der Waals surface area contributed by atoms with Gasteiger partial charge < -0.3 is 14.8 Å². The van der Waals surface area contributed by atoms with Gasteiger partial charge in [-0.3, -0.25) is 15.5 Å². The first-order valence-electron chi connectivity index (χ1n) is 5.87. The van der Waals surface area contributed by atoms with Gasteiger partial charge in [0.25, 0.3) is 5.69 Å². The molecule has 0 fully saturated rings. The summed E-state index contributed by atoms with van der Waals surface area (Å²) in [5, 5.41) is 20.1. The molecule has 0 aliphatic carbocycles. The first kappa shape index (κ1) is 18.7. The maximum Gasteiger partial charge on any atom is 0.407 e. The number of carbonyl (C=O) groups excluding carboxylic acids is 1. The van der Waals surface area contributed by atoms with E-state index in [9.17, 15) is 14.9 Å². The lowest BCUT2D eigenvalue weighted by molar-refractivity contribution is -0.384. The summed E-state index contributed by atoms with van der Waals surface area (Å²) < 4.78 is 9.72. The van der Waals surface area contributed by atoms with Crippen LogP contribution in [0.15, 0.2) is 24.3 Å². The van der Waals surface area contributed by atoms with Gasteiger partial charge in [-0.1, -0.05) is 0 Å². The number of halogens is 1. The van der Waals surface area contributed by atoms with E-state index in [-0.39, 0.29) is 37.1 Å². The average molecular weight is 318 g/mol. The van der Waals surface area contributed by atoms with Crippen molar-refractivity contribution >= 4 is 30.1 Å². The summed E-state index contributed by atoms with van der Waals surface area (Å²) in [4.78, 5) is 21.3. The van der Waals surface area contributed by atoms with Crippen LogP contribution in [0.5, 0.6) is 0 Å². The predicted molar refractivity (Wildman–Crippen MR) is 77.9 cm³/mol. The topological polar surface area (TPSA) is 115 Å². The van der Waals surface area contributed by atoms with Crippen molar-refractivity contribution in [3.63, 3.8) is 0 Å². The highest BCUT2D eigenvalue weighted by Crippen LogP contribution is 2.12. The summed E-state index contributed by atoms with van der Waals surface area (Å²) in [5.41, 5.74) is 0.606. The molecule has 0 atom stereocenters. The third-order valence-electron chi connectivity index (χ3n) is 2.23. The summed E-state index contributed by atoms with van der Waals surface area (Å²) in [7, 11) is 0. The number of benzene rings is 1. The van der Waals surface area contributed by atoms with Crippen LogP contribution in [0, 0.1) is 15.5 Å². The molecular weight excluding hydrogens is 302 g/mol. The van der Waals surface area contributed by atoms with Crippen molar-refractivity contribution in [2.45, 2.75) is 13.5 Å². The van der Waals surface area contributed by atoms with E-state index in [1.54, 1.807) is 6.92 Å². The van der Waals surface area contributed by atoms with Crippen LogP contribution in [0.4, 0.5) is 10.5 Å². The van der Waals surface area contributed by atoms with E-state index in [2.05, 4.69) is 5.32 Å². The standard InChI is InChI=1S/C12H15N3O5.ClH/c1-2-19-11(13)7-14-12(16)20-8-9-3-5-10(6-4-9)15(17)18;/h3-6,13H,2,7-8H2,1H3,(H,14,16);1H. The first-order chi connectivity index (χ1) is 9.52. The van der Waals surface area contributed by atoms with E-state index in [1.165, 1.54) is 24.3 Å². The van der Waals surface area contributed by atoms with E-state index in [4.69, 9.17) is 14.9 Å². The lowest BCUT2D eigenvalue weighted by Crippen LogP contribution is -2.30. The second kappa shape index (κ2) is 9.54. The molecule has 0 unspecified atom stereocenters. The van der Waals surface area contributed by atoms with Gasteiger partial charge in [0.2, 0.25) is 5.90 Å². The van der Waals surface area contributed by atoms with Crippen LogP contribution in [0.2, 0.25) is 0 Å². The number of nitro benzene ring substituents is 1. The number of amides is 1. The van der Waals surface area contributed by atoms with Crippen LogP contribution >= 0.6 is 12.4 Å². The third-order valence-corrected chi connectivity index (χ3v) is 2.23. The van der Waals surface area contributed by atoms with E-state index in [0.29, 0.717) is 12.2 Å². The van der Waals surface area contributed by atoms with Gasteiger partial charge in [0.05, 0.1) is 18.1 Å². The smallest absolute Gasteiger partial charge is 0.407 e. The Kier molecular flexibility index (Phi) is 8.47. The van der Waals surface area contributed by atoms with Crippen molar-refractivity contribution < 1.29 is 19.2 Å². The highest BCUT2D eigenvalue weighted by molar-refractivity contribution is 5.85. The van der Waals surface area contributed by atoms with Crippen LogP contribution in [-0.4, -0.2) is 30.1 Å². The third kappa shape index (κ3) is 7.11. The molecule has 1 aromatic rings. The van der Waals surface area contributed by atoms with E-state index < -0.39 is 11.0 Å². The molecule has 0 saturated heterocycles. The van der Waals surface area contributed by atoms with Crippen LogP contribution in [0.1, 0.15) is 12.5 Å². The van der Waals surface area contributed by atoms with Crippen molar-refractivity contribution in [3.05, 3.63) is 39.9 Å². The normalized spacial score (nSPS) is 9.19. The van der Waals surface area contributed by atoms with E-state index in [0.717, 1.165) is 0 Å². The second-order valence-corrected chi connectivity index (χ2v) is 3.71. The fourth-order valence-corrected chi connectivity index (χ4v) is 1.29. The van der Waals surface area contributed by atoms with Gasteiger partial charge in [-0.25, -0.2) is 4.79 Å². The first-order valence-corrected chi connectivity index (χ1v) is 5.87. The summed E-state index contributed by atoms with van der Waals surface area (Å²) in [6, 6.07) is 5.68. The SMILES string of the molecule is CCOC(=N)CNC(=O)OCc1ccc([N+](=O)[O-])cc1.Cl. The number of ether oxygens (including phenoxy) is 2. The molecular formula is C12H16ClN3O5. The quantitative estimate of drug-likeness (QED) is 0.361. The Morgan fingerprint density at radius 2 is 1.95 bits per heavy atom. The zero-order valence-corrected chi connectivity index (χ0v) is 12.1. The lowest BCUT2D eigenvalue weighted by Gasteiger charge is -2.08. The van der Waals surface area contributed by atoms with Crippen molar-refractivity contribution in [2.24, 2.45) is 0 Å². The Balaban J connectivity index is 0.00000400. The van der Waals surface area contributed by atoms with Crippen molar-refractivity contribution in [1.29, 1.82) is 5.41 Å². The largest absolute Gasteiger partial charge is 0.480 e. The molecule has 0 aliphatic rings. The number of nitrogens with one attached hydrogen (secondary N) is 2. The van der Waals surface area contributed by atoms with E-state index in [1.807, 2.05) is 0 Å². The molecule has 0 spiro atoms. The number of hydrogen-bond acceptors (Lipinski definition) is 6. The predicted octanol–water partition coefficient (Wildman–Crippen LogP) is 2.26. The Bertz CT molecular complexity index is 492. The number of non-ortho nitro benzene ring substituents is 1. The van der Waals surface area contributed by atoms with Gasteiger partial charge >= 0.3 is 6.09 Å². The number of nitro groups is 1. The highest BCUT2D eigenvalue weighted by Gasteiger charge is 2.07. The summed E-state index contributed by atoms with van der Waals surface area (Å²) in [5.74, 6) is -0.0558. The minimum Gasteiger partial charge on any atom is -0.480 e. The lowest BCUT2D eigenvalue weighted by atomic mass is 10.2. The molecule has 0 bridgehead atoms. The molecule has 9 heteroatoms. The van der Waals surface area contributed by atoms with Gasteiger partial charge in [-0.05, 0) is 24.6 Å². The molecule has 0 aromatic heterocycles. The Morgan fingerprint density at radius 1 is 1.33 bits per heavy atom. The van der Waals surface area contributed by atoms with E-state index >= 15 is 0 Å². The zero-order chi connectivity index (χ0) is 15.0. The maximum absolute atomic E-state index is 11.3. The molecule has 0 saturated carbocycles. The van der Waals surface area contributed by atoms with Gasteiger partial charge in [0.15, 0.2) is 0 Å². The minimum atomic E-state index is -0.687. The van der Waals surface area contributed by atoms with Gasteiger partial charge in [0.1, 0.15) is 6.61 Å². The molecule has 116 valence electrons. The number of carbonyl (C=O) groups is 1. The van der Waals surface area contributed by atoms with Crippen molar-refractivity contribution in [2.75, 3.05) is 13.2 Å². The summed E-state index contributed by atoms with van der Waals surface area (Å²) in [6.45, 7) is 2.04. The molecule has 21 heavy (non-hydrogen) atoms. The molecule has 0 radical (unpaired) electrons. The fraction of sp³-hybridized carbons (Fsp3) is 0.333. The number of nitrogens with zero attached hydrogens (tertiary/aromatic N) is 1. The maximum atomic E-state index is 11.3. The fourth-order valence-electron chi connectivity index (χ4n) is 1.29. The van der Waals surface area contributed by atoms with Gasteiger partial charge in [-0.15, -0.1) is 12.4 Å². The van der Waals surface area contributed by atoms with Crippen LogP contribution < -0.4 is 5.32 Å². The molecule has 8 nitrogen and oxygen atoms in total. The second-order valence-electron chi connectivity index (χ2n) is 3.71. The number of rotatable bonds is 6. The Morgan fingerprint density at radius 3 is 2.48 bits per heavy atom. The monoisotopic (exact) mass is 317 g/mol. The summed E-state index contributed by atoms with van der Waals surface area (Å²) in [6.07, 6.45) is -0.687. The summed E-state index contributed by atoms with van der Waals surface area (Å²) >= 11 is 0. The highest BCUT2D eigenvalue weighted by atomic mass is 35.5. The van der Waals surface area contributed by atoms with Gasteiger partial charge in [0, 0.05) is 12.1 Å². The molecule has 1 amide bonds. The zero-order valence-electron chi connectivity index (χ0n) is 11.3. The van der Waals surface area contributed by atoms with Crippen LogP contribution in [0.25, 0.3) is 0 Å². The Hall–Kier alpha value is -2.35. The molecule has 0 aliphatic heterocycles. The van der Waals surface area contributed by atoms with Gasteiger partial charge in [-0.2, -0.15) is 0 Å².